The first kappa shape index (κ1) is 16.5. The molecule has 0 unspecified atom stereocenters. The average molecular weight is 278 g/mol. The van der Waals surface area contributed by atoms with Crippen molar-refractivity contribution in [1.82, 2.24) is 5.32 Å². The minimum Gasteiger partial charge on any atom is -0.493 e. The summed E-state index contributed by atoms with van der Waals surface area (Å²) in [6.07, 6.45) is 3.77. The standard InChI is InChI=1S/C16H26N2O2/c1-3-4-5-10-20-15-11-13(2)6-7-14(15)12-18-16(19)8-9-17/h6-7,11H,3-5,8-10,12,17H2,1-2H3,(H,18,19). The summed E-state index contributed by atoms with van der Waals surface area (Å²) in [5.74, 6) is 0.846. The number of hydrogen-bond donors (Lipinski definition) is 2. The Morgan fingerprint density at radius 1 is 1.35 bits per heavy atom. The van der Waals surface area contributed by atoms with Crippen LogP contribution in [0.4, 0.5) is 0 Å². The average Bonchev–Trinajstić information content (AvgIpc) is 2.43. The summed E-state index contributed by atoms with van der Waals surface area (Å²) in [7, 11) is 0. The Labute approximate surface area is 121 Å². The summed E-state index contributed by atoms with van der Waals surface area (Å²) >= 11 is 0. The van der Waals surface area contributed by atoms with E-state index in [0.29, 0.717) is 19.5 Å². The number of carbonyl (C=O) groups excluding carboxylic acids is 1. The van der Waals surface area contributed by atoms with Crippen LogP contribution in [0.25, 0.3) is 0 Å². The molecule has 0 saturated carbocycles. The molecule has 4 nitrogen and oxygen atoms in total. The fourth-order valence-corrected chi connectivity index (χ4v) is 1.89. The maximum absolute atomic E-state index is 11.5. The van der Waals surface area contributed by atoms with E-state index >= 15 is 0 Å². The Morgan fingerprint density at radius 2 is 2.15 bits per heavy atom. The number of hydrogen-bond acceptors (Lipinski definition) is 3. The quantitative estimate of drug-likeness (QED) is 0.682. The van der Waals surface area contributed by atoms with Crippen LogP contribution in [0.3, 0.4) is 0 Å². The van der Waals surface area contributed by atoms with Gasteiger partial charge in [0.1, 0.15) is 5.75 Å². The van der Waals surface area contributed by atoms with E-state index in [0.717, 1.165) is 29.9 Å². The van der Waals surface area contributed by atoms with Crippen molar-refractivity contribution >= 4 is 5.91 Å². The number of ether oxygens (including phenoxy) is 1. The van der Waals surface area contributed by atoms with Crippen molar-refractivity contribution in [2.75, 3.05) is 13.2 Å². The number of amides is 1. The zero-order chi connectivity index (χ0) is 14.8. The van der Waals surface area contributed by atoms with E-state index in [4.69, 9.17) is 10.5 Å². The molecule has 0 saturated heterocycles. The number of benzene rings is 1. The van der Waals surface area contributed by atoms with Gasteiger partial charge in [-0.25, -0.2) is 0 Å². The van der Waals surface area contributed by atoms with E-state index in [1.807, 2.05) is 25.1 Å². The van der Waals surface area contributed by atoms with Gasteiger partial charge in [-0.3, -0.25) is 4.79 Å². The summed E-state index contributed by atoms with van der Waals surface area (Å²) in [6.45, 7) is 5.80. The van der Waals surface area contributed by atoms with E-state index in [9.17, 15) is 4.79 Å². The highest BCUT2D eigenvalue weighted by atomic mass is 16.5. The van der Waals surface area contributed by atoms with Crippen LogP contribution < -0.4 is 15.8 Å². The molecule has 1 aromatic rings. The highest BCUT2D eigenvalue weighted by Crippen LogP contribution is 2.20. The Balaban J connectivity index is 2.57. The highest BCUT2D eigenvalue weighted by molar-refractivity contribution is 5.76. The van der Waals surface area contributed by atoms with E-state index in [1.165, 1.54) is 12.8 Å². The second kappa shape index (κ2) is 9.37. The smallest absolute Gasteiger partial charge is 0.221 e. The molecule has 0 fully saturated rings. The maximum Gasteiger partial charge on any atom is 0.221 e. The second-order valence-corrected chi connectivity index (χ2v) is 4.98. The summed E-state index contributed by atoms with van der Waals surface area (Å²) in [4.78, 5) is 11.5. The van der Waals surface area contributed by atoms with Gasteiger partial charge in [0.25, 0.3) is 0 Å². The zero-order valence-electron chi connectivity index (χ0n) is 12.6. The van der Waals surface area contributed by atoms with Gasteiger partial charge in [0.2, 0.25) is 5.91 Å². The predicted octanol–water partition coefficient (Wildman–Crippen LogP) is 2.53. The third kappa shape index (κ3) is 6.06. The van der Waals surface area contributed by atoms with Crippen LogP contribution in [-0.2, 0) is 11.3 Å². The summed E-state index contributed by atoms with van der Waals surface area (Å²) in [6, 6.07) is 6.06. The highest BCUT2D eigenvalue weighted by Gasteiger charge is 2.06. The number of nitrogens with two attached hydrogens (primary N) is 1. The van der Waals surface area contributed by atoms with Gasteiger partial charge in [-0.2, -0.15) is 0 Å². The van der Waals surface area contributed by atoms with Crippen molar-refractivity contribution in [3.05, 3.63) is 29.3 Å². The Bertz CT molecular complexity index is 419. The molecule has 0 aromatic heterocycles. The number of carbonyl (C=O) groups is 1. The van der Waals surface area contributed by atoms with Gasteiger partial charge in [-0.1, -0.05) is 31.9 Å². The number of aryl methyl sites for hydroxylation is 1. The van der Waals surface area contributed by atoms with Crippen LogP contribution in [-0.4, -0.2) is 19.1 Å². The lowest BCUT2D eigenvalue weighted by Gasteiger charge is -2.13. The molecule has 0 aliphatic heterocycles. The first-order chi connectivity index (χ1) is 9.67. The van der Waals surface area contributed by atoms with Crippen molar-refractivity contribution < 1.29 is 9.53 Å². The third-order valence-electron chi connectivity index (χ3n) is 3.08. The molecule has 0 atom stereocenters. The molecule has 1 amide bonds. The second-order valence-electron chi connectivity index (χ2n) is 4.98. The minimum atomic E-state index is -0.0231. The monoisotopic (exact) mass is 278 g/mol. The van der Waals surface area contributed by atoms with Gasteiger partial charge in [-0.15, -0.1) is 0 Å². The largest absolute Gasteiger partial charge is 0.493 e. The van der Waals surface area contributed by atoms with Gasteiger partial charge in [0.15, 0.2) is 0 Å². The van der Waals surface area contributed by atoms with Crippen molar-refractivity contribution in [2.45, 2.75) is 46.1 Å². The van der Waals surface area contributed by atoms with Crippen LogP contribution >= 0.6 is 0 Å². The third-order valence-corrected chi connectivity index (χ3v) is 3.08. The van der Waals surface area contributed by atoms with Crippen LogP contribution in [0.15, 0.2) is 18.2 Å². The van der Waals surface area contributed by atoms with E-state index < -0.39 is 0 Å². The fraction of sp³-hybridized carbons (Fsp3) is 0.562. The fourth-order valence-electron chi connectivity index (χ4n) is 1.89. The molecule has 1 rings (SSSR count). The zero-order valence-corrected chi connectivity index (χ0v) is 12.6. The summed E-state index contributed by atoms with van der Waals surface area (Å²) in [5, 5.41) is 2.86. The predicted molar refractivity (Wildman–Crippen MR) is 81.7 cm³/mol. The van der Waals surface area contributed by atoms with Gasteiger partial charge in [-0.05, 0) is 25.0 Å². The molecule has 4 heteroatoms. The normalized spacial score (nSPS) is 10.3. The van der Waals surface area contributed by atoms with Gasteiger partial charge >= 0.3 is 0 Å². The van der Waals surface area contributed by atoms with Crippen LogP contribution in [0.5, 0.6) is 5.75 Å². The van der Waals surface area contributed by atoms with Gasteiger partial charge in [0, 0.05) is 25.1 Å². The maximum atomic E-state index is 11.5. The van der Waals surface area contributed by atoms with Crippen LogP contribution in [0, 0.1) is 6.92 Å². The number of unbranched alkanes of at least 4 members (excludes halogenated alkanes) is 2. The minimum absolute atomic E-state index is 0.0231. The van der Waals surface area contributed by atoms with Gasteiger partial charge < -0.3 is 15.8 Å². The molecule has 0 heterocycles. The molecule has 112 valence electrons. The molecule has 0 spiro atoms. The lowest BCUT2D eigenvalue weighted by molar-refractivity contribution is -0.121. The lowest BCUT2D eigenvalue weighted by atomic mass is 10.1. The van der Waals surface area contributed by atoms with Crippen molar-refractivity contribution in [3.63, 3.8) is 0 Å². The molecule has 0 aliphatic rings. The van der Waals surface area contributed by atoms with Crippen LogP contribution in [0.1, 0.15) is 43.7 Å². The molecular weight excluding hydrogens is 252 g/mol. The van der Waals surface area contributed by atoms with Crippen molar-refractivity contribution in [2.24, 2.45) is 5.73 Å². The first-order valence-electron chi connectivity index (χ1n) is 7.36. The summed E-state index contributed by atoms with van der Waals surface area (Å²) in [5.41, 5.74) is 7.53. The Morgan fingerprint density at radius 3 is 2.85 bits per heavy atom. The summed E-state index contributed by atoms with van der Waals surface area (Å²) < 4.78 is 5.84. The van der Waals surface area contributed by atoms with Gasteiger partial charge in [0.05, 0.1) is 6.61 Å². The van der Waals surface area contributed by atoms with E-state index in [-0.39, 0.29) is 5.91 Å². The molecule has 0 radical (unpaired) electrons. The van der Waals surface area contributed by atoms with Crippen molar-refractivity contribution in [3.8, 4) is 5.75 Å². The van der Waals surface area contributed by atoms with E-state index in [1.54, 1.807) is 0 Å². The van der Waals surface area contributed by atoms with E-state index in [2.05, 4.69) is 12.2 Å². The number of rotatable bonds is 9. The molecule has 0 bridgehead atoms. The molecule has 1 aromatic carbocycles. The Kier molecular flexibility index (Phi) is 7.73. The SMILES string of the molecule is CCCCCOc1cc(C)ccc1CNC(=O)CCN. The Hall–Kier alpha value is -1.55. The first-order valence-corrected chi connectivity index (χ1v) is 7.36. The molecule has 0 aliphatic carbocycles. The van der Waals surface area contributed by atoms with Crippen LogP contribution in [0.2, 0.25) is 0 Å². The number of nitrogens with one attached hydrogen (secondary N) is 1. The lowest BCUT2D eigenvalue weighted by Crippen LogP contribution is -2.25. The topological polar surface area (TPSA) is 64.3 Å². The molecule has 20 heavy (non-hydrogen) atoms. The van der Waals surface area contributed by atoms with Crippen molar-refractivity contribution in [1.29, 1.82) is 0 Å². The molecule has 3 N–H and O–H groups in total. The molecular formula is C16H26N2O2.